The van der Waals surface area contributed by atoms with Gasteiger partial charge in [0.05, 0.1) is 17.8 Å². The van der Waals surface area contributed by atoms with Crippen LogP contribution in [0.2, 0.25) is 0 Å². The molecular formula is C10H17BrN4O2. The molecule has 0 aliphatic carbocycles. The maximum Gasteiger partial charge on any atom is 0.404 e. The summed E-state index contributed by atoms with van der Waals surface area (Å²) in [6, 6.07) is 0. The first-order chi connectivity index (χ1) is 8.04. The Labute approximate surface area is 109 Å². The quantitative estimate of drug-likeness (QED) is 0.476. The molecule has 6 nitrogen and oxygen atoms in total. The van der Waals surface area contributed by atoms with Gasteiger partial charge in [-0.15, -0.1) is 0 Å². The van der Waals surface area contributed by atoms with Gasteiger partial charge in [0.15, 0.2) is 0 Å². The monoisotopic (exact) mass is 304 g/mol. The SMILES string of the molecule is CCCNCC(C)Cn1cc(Br)c([N+](=O)[O-])n1. The van der Waals surface area contributed by atoms with Crippen molar-refractivity contribution in [3.05, 3.63) is 20.8 Å². The number of aromatic nitrogens is 2. The zero-order chi connectivity index (χ0) is 12.8. The molecule has 0 bridgehead atoms. The molecule has 0 saturated heterocycles. The third-order valence-corrected chi connectivity index (χ3v) is 2.85. The van der Waals surface area contributed by atoms with E-state index in [1.807, 2.05) is 0 Å². The van der Waals surface area contributed by atoms with E-state index in [0.717, 1.165) is 19.5 Å². The molecule has 1 rings (SSSR count). The van der Waals surface area contributed by atoms with Crippen molar-refractivity contribution in [1.29, 1.82) is 0 Å². The Morgan fingerprint density at radius 1 is 1.71 bits per heavy atom. The summed E-state index contributed by atoms with van der Waals surface area (Å²) in [5.74, 6) is 0.256. The fourth-order valence-corrected chi connectivity index (χ4v) is 1.97. The Bertz CT molecular complexity index is 380. The largest absolute Gasteiger partial charge is 0.404 e. The van der Waals surface area contributed by atoms with Gasteiger partial charge in [0.2, 0.25) is 0 Å². The molecular weight excluding hydrogens is 288 g/mol. The molecule has 1 unspecified atom stereocenters. The molecule has 1 heterocycles. The van der Waals surface area contributed by atoms with Gasteiger partial charge < -0.3 is 15.4 Å². The second-order valence-electron chi connectivity index (χ2n) is 4.09. The lowest BCUT2D eigenvalue weighted by molar-refractivity contribution is -0.390. The van der Waals surface area contributed by atoms with Crippen molar-refractivity contribution < 1.29 is 4.92 Å². The highest BCUT2D eigenvalue weighted by Gasteiger charge is 2.19. The third-order valence-electron chi connectivity index (χ3n) is 2.29. The molecule has 1 atom stereocenters. The van der Waals surface area contributed by atoms with E-state index in [-0.39, 0.29) is 5.82 Å². The smallest absolute Gasteiger partial charge is 0.358 e. The Kier molecular flexibility index (Phi) is 5.57. The molecule has 0 aromatic carbocycles. The summed E-state index contributed by atoms with van der Waals surface area (Å²) in [6.45, 7) is 6.76. The van der Waals surface area contributed by atoms with Crippen molar-refractivity contribution >= 4 is 21.7 Å². The first-order valence-electron chi connectivity index (χ1n) is 5.62. The molecule has 0 aliphatic rings. The third kappa shape index (κ3) is 4.43. The Hall–Kier alpha value is -0.950. The Morgan fingerprint density at radius 2 is 2.41 bits per heavy atom. The number of hydrogen-bond acceptors (Lipinski definition) is 4. The minimum absolute atomic E-state index is 0.126. The molecule has 7 heteroatoms. The number of hydrogen-bond donors (Lipinski definition) is 1. The lowest BCUT2D eigenvalue weighted by atomic mass is 10.2. The van der Waals surface area contributed by atoms with Crippen LogP contribution in [0, 0.1) is 16.0 Å². The van der Waals surface area contributed by atoms with Crippen molar-refractivity contribution in [2.24, 2.45) is 5.92 Å². The second kappa shape index (κ2) is 6.70. The van der Waals surface area contributed by atoms with Crippen LogP contribution in [0.15, 0.2) is 10.7 Å². The van der Waals surface area contributed by atoms with E-state index >= 15 is 0 Å². The zero-order valence-corrected chi connectivity index (χ0v) is 11.6. The van der Waals surface area contributed by atoms with Crippen LogP contribution in [0.3, 0.4) is 0 Å². The zero-order valence-electron chi connectivity index (χ0n) is 10.0. The first-order valence-corrected chi connectivity index (χ1v) is 6.42. The van der Waals surface area contributed by atoms with Gasteiger partial charge in [-0.1, -0.05) is 13.8 Å². The summed E-state index contributed by atoms with van der Waals surface area (Å²) < 4.78 is 2.04. The molecule has 0 fully saturated rings. The van der Waals surface area contributed by atoms with Crippen molar-refractivity contribution in [2.75, 3.05) is 13.1 Å². The average molecular weight is 305 g/mol. The van der Waals surface area contributed by atoms with Crippen LogP contribution in [0.25, 0.3) is 0 Å². The summed E-state index contributed by atoms with van der Waals surface area (Å²) in [5.41, 5.74) is 0. The molecule has 0 spiro atoms. The summed E-state index contributed by atoms with van der Waals surface area (Å²) in [5, 5.41) is 17.9. The fourth-order valence-electron chi connectivity index (χ4n) is 1.51. The van der Waals surface area contributed by atoms with Gasteiger partial charge in [-0.25, -0.2) is 0 Å². The normalized spacial score (nSPS) is 12.6. The molecule has 1 aromatic rings. The highest BCUT2D eigenvalue weighted by atomic mass is 79.9. The van der Waals surface area contributed by atoms with Crippen LogP contribution in [0.1, 0.15) is 20.3 Å². The molecule has 0 aliphatic heterocycles. The second-order valence-corrected chi connectivity index (χ2v) is 4.94. The standard InChI is InChI=1S/C10H17BrN4O2/c1-3-4-12-5-8(2)6-14-7-9(11)10(13-14)15(16)17/h7-8,12H,3-6H2,1-2H3. The molecule has 17 heavy (non-hydrogen) atoms. The maximum atomic E-state index is 10.6. The van der Waals surface area contributed by atoms with E-state index in [2.05, 4.69) is 40.2 Å². The van der Waals surface area contributed by atoms with E-state index in [1.54, 1.807) is 10.9 Å². The van der Waals surface area contributed by atoms with Crippen molar-refractivity contribution in [1.82, 2.24) is 15.1 Å². The highest BCUT2D eigenvalue weighted by Crippen LogP contribution is 2.22. The summed E-state index contributed by atoms with van der Waals surface area (Å²) in [7, 11) is 0. The first kappa shape index (κ1) is 14.1. The predicted molar refractivity (Wildman–Crippen MR) is 68.9 cm³/mol. The van der Waals surface area contributed by atoms with Crippen LogP contribution in [-0.2, 0) is 6.54 Å². The average Bonchev–Trinajstić information content (AvgIpc) is 2.60. The van der Waals surface area contributed by atoms with Crippen molar-refractivity contribution in [3.63, 3.8) is 0 Å². The summed E-state index contributed by atoms with van der Waals surface area (Å²) in [4.78, 5) is 10.1. The molecule has 96 valence electrons. The summed E-state index contributed by atoms with van der Waals surface area (Å²) in [6.07, 6.45) is 2.75. The minimum atomic E-state index is -0.486. The number of nitrogens with zero attached hydrogens (tertiary/aromatic N) is 3. The van der Waals surface area contributed by atoms with Gasteiger partial charge in [0.1, 0.15) is 4.47 Å². The molecule has 0 saturated carbocycles. The van der Waals surface area contributed by atoms with Gasteiger partial charge in [0.25, 0.3) is 0 Å². The van der Waals surface area contributed by atoms with E-state index in [4.69, 9.17) is 0 Å². The molecule has 0 amide bonds. The summed E-state index contributed by atoms with van der Waals surface area (Å²) >= 11 is 3.13. The number of halogens is 1. The molecule has 0 radical (unpaired) electrons. The number of nitrogens with one attached hydrogen (secondary N) is 1. The highest BCUT2D eigenvalue weighted by molar-refractivity contribution is 9.10. The van der Waals surface area contributed by atoms with E-state index in [9.17, 15) is 10.1 Å². The van der Waals surface area contributed by atoms with E-state index in [0.29, 0.717) is 16.9 Å². The fraction of sp³-hybridized carbons (Fsp3) is 0.700. The maximum absolute atomic E-state index is 10.6. The Morgan fingerprint density at radius 3 is 2.94 bits per heavy atom. The van der Waals surface area contributed by atoms with Crippen LogP contribution in [0.5, 0.6) is 0 Å². The van der Waals surface area contributed by atoms with Crippen LogP contribution < -0.4 is 5.32 Å². The van der Waals surface area contributed by atoms with Gasteiger partial charge in [-0.2, -0.15) is 4.68 Å². The van der Waals surface area contributed by atoms with Gasteiger partial charge >= 0.3 is 5.82 Å². The molecule has 1 aromatic heterocycles. The van der Waals surface area contributed by atoms with Crippen LogP contribution in [-0.4, -0.2) is 27.8 Å². The van der Waals surface area contributed by atoms with Crippen LogP contribution >= 0.6 is 15.9 Å². The minimum Gasteiger partial charge on any atom is -0.358 e. The van der Waals surface area contributed by atoms with E-state index in [1.165, 1.54) is 0 Å². The number of nitro groups is 1. The van der Waals surface area contributed by atoms with Gasteiger partial charge in [-0.05, 0) is 46.3 Å². The lowest BCUT2D eigenvalue weighted by Gasteiger charge is -2.10. The van der Waals surface area contributed by atoms with Gasteiger partial charge in [-0.3, -0.25) is 0 Å². The number of rotatable bonds is 7. The van der Waals surface area contributed by atoms with Crippen molar-refractivity contribution in [3.8, 4) is 0 Å². The molecule has 1 N–H and O–H groups in total. The topological polar surface area (TPSA) is 73.0 Å². The van der Waals surface area contributed by atoms with E-state index < -0.39 is 4.92 Å². The Balaban J connectivity index is 2.51. The van der Waals surface area contributed by atoms with Crippen LogP contribution in [0.4, 0.5) is 5.82 Å². The lowest BCUT2D eigenvalue weighted by Crippen LogP contribution is -2.24. The predicted octanol–water partition coefficient (Wildman–Crippen LogP) is 2.19. The van der Waals surface area contributed by atoms with Crippen molar-refractivity contribution in [2.45, 2.75) is 26.8 Å². The van der Waals surface area contributed by atoms with Gasteiger partial charge in [0, 0.05) is 0 Å².